The molecule has 0 saturated heterocycles. The predicted octanol–water partition coefficient (Wildman–Crippen LogP) is 7.67. The van der Waals surface area contributed by atoms with Crippen molar-refractivity contribution in [1.82, 2.24) is 9.88 Å². The number of aromatic nitrogens is 1. The third kappa shape index (κ3) is 4.59. The Morgan fingerprint density at radius 2 is 1.87 bits per heavy atom. The second-order valence-electron chi connectivity index (χ2n) is 9.05. The number of ether oxygens (including phenoxy) is 1. The molecule has 1 atom stereocenters. The molecule has 0 aliphatic heterocycles. The molecular formula is C30H23ClFN3O2S. The predicted molar refractivity (Wildman–Crippen MR) is 151 cm³/mol. The van der Waals surface area contributed by atoms with E-state index in [1.165, 1.54) is 30.6 Å². The van der Waals surface area contributed by atoms with Crippen LogP contribution in [0.5, 0.6) is 0 Å². The molecule has 1 N–H and O–H groups in total. The second-order valence-corrected chi connectivity index (χ2v) is 10.4. The Labute approximate surface area is 228 Å². The standard InChI is InChI=1S/C30H23ClFN3O2S/c1-35(2)29(30(36)37-3)19-7-9-21(24(31)14-19)17-5-4-6-18(13-17)28-27(22-11-12-38-26(22)16-33)23-15-20(32)8-10-25(23)34-28/h4-15,29,34H,1-3H3. The van der Waals surface area contributed by atoms with Gasteiger partial charge in [0.2, 0.25) is 0 Å². The number of nitrogens with one attached hydrogen (secondary N) is 1. The number of rotatable bonds is 6. The van der Waals surface area contributed by atoms with Gasteiger partial charge in [-0.05, 0) is 72.6 Å². The lowest BCUT2D eigenvalue weighted by molar-refractivity contribution is -0.146. The van der Waals surface area contributed by atoms with Crippen LogP contribution in [-0.2, 0) is 9.53 Å². The zero-order valence-electron chi connectivity index (χ0n) is 20.9. The molecule has 0 saturated carbocycles. The van der Waals surface area contributed by atoms with Crippen LogP contribution in [0.4, 0.5) is 4.39 Å². The fraction of sp³-hybridized carbons (Fsp3) is 0.133. The molecule has 0 fully saturated rings. The first-order chi connectivity index (χ1) is 18.3. The summed E-state index contributed by atoms with van der Waals surface area (Å²) in [4.78, 5) is 18.1. The smallest absolute Gasteiger partial charge is 0.327 e. The Hall–Kier alpha value is -3.96. The van der Waals surface area contributed by atoms with Crippen LogP contribution < -0.4 is 0 Å². The van der Waals surface area contributed by atoms with E-state index in [2.05, 4.69) is 11.1 Å². The van der Waals surface area contributed by atoms with Crippen molar-refractivity contribution < 1.29 is 13.9 Å². The van der Waals surface area contributed by atoms with E-state index in [4.69, 9.17) is 16.3 Å². The van der Waals surface area contributed by atoms with Crippen LogP contribution in [0.1, 0.15) is 16.5 Å². The van der Waals surface area contributed by atoms with Crippen LogP contribution in [0.25, 0.3) is 44.4 Å². The molecule has 0 aliphatic carbocycles. The zero-order valence-corrected chi connectivity index (χ0v) is 22.5. The van der Waals surface area contributed by atoms with E-state index in [1.54, 1.807) is 17.0 Å². The first-order valence-corrected chi connectivity index (χ1v) is 13.0. The molecule has 2 heterocycles. The zero-order chi connectivity index (χ0) is 27.0. The fourth-order valence-corrected chi connectivity index (χ4v) is 5.78. The van der Waals surface area contributed by atoms with E-state index in [-0.39, 0.29) is 11.8 Å². The molecule has 0 bridgehead atoms. The van der Waals surface area contributed by atoms with Crippen molar-refractivity contribution in [1.29, 1.82) is 5.26 Å². The summed E-state index contributed by atoms with van der Waals surface area (Å²) in [5.41, 5.74) is 6.37. The number of carbonyl (C=O) groups is 1. The molecule has 38 heavy (non-hydrogen) atoms. The van der Waals surface area contributed by atoms with E-state index < -0.39 is 6.04 Å². The maximum atomic E-state index is 14.3. The van der Waals surface area contributed by atoms with Gasteiger partial charge < -0.3 is 9.72 Å². The average Bonchev–Trinajstić information content (AvgIpc) is 3.52. The van der Waals surface area contributed by atoms with Crippen LogP contribution in [0.15, 0.2) is 72.1 Å². The molecule has 0 spiro atoms. The molecule has 5 rings (SSSR count). The number of benzene rings is 3. The number of likely N-dealkylation sites (N-methyl/N-ethyl adjacent to an activating group) is 1. The van der Waals surface area contributed by atoms with Gasteiger partial charge in [-0.1, -0.05) is 41.9 Å². The van der Waals surface area contributed by atoms with Crippen molar-refractivity contribution in [3.8, 4) is 39.6 Å². The number of methoxy groups -OCH3 is 1. The highest BCUT2D eigenvalue weighted by Gasteiger charge is 2.25. The van der Waals surface area contributed by atoms with E-state index in [9.17, 15) is 14.4 Å². The Morgan fingerprint density at radius 3 is 2.58 bits per heavy atom. The highest BCUT2D eigenvalue weighted by Crippen LogP contribution is 2.42. The molecule has 1 unspecified atom stereocenters. The van der Waals surface area contributed by atoms with Crippen molar-refractivity contribution >= 4 is 39.8 Å². The molecule has 190 valence electrons. The van der Waals surface area contributed by atoms with Gasteiger partial charge >= 0.3 is 5.97 Å². The topological polar surface area (TPSA) is 69.1 Å². The average molecular weight is 544 g/mol. The van der Waals surface area contributed by atoms with Crippen LogP contribution in [0.3, 0.4) is 0 Å². The van der Waals surface area contributed by atoms with Gasteiger partial charge in [-0.2, -0.15) is 5.26 Å². The Balaban J connectivity index is 1.63. The number of hydrogen-bond acceptors (Lipinski definition) is 5. The Bertz CT molecular complexity index is 1720. The number of halogens is 2. The summed E-state index contributed by atoms with van der Waals surface area (Å²) >= 11 is 8.09. The molecule has 0 radical (unpaired) electrons. The van der Waals surface area contributed by atoms with E-state index in [1.807, 2.05) is 61.9 Å². The van der Waals surface area contributed by atoms with Gasteiger partial charge in [0.05, 0.1) is 12.8 Å². The minimum atomic E-state index is -0.577. The van der Waals surface area contributed by atoms with E-state index >= 15 is 0 Å². The molecule has 8 heteroatoms. The van der Waals surface area contributed by atoms with Gasteiger partial charge in [-0.25, -0.2) is 9.18 Å². The van der Waals surface area contributed by atoms with E-state index in [0.29, 0.717) is 15.3 Å². The molecule has 5 aromatic rings. The lowest BCUT2D eigenvalue weighted by Gasteiger charge is -2.22. The number of H-pyrrole nitrogens is 1. The fourth-order valence-electron chi connectivity index (χ4n) is 4.79. The third-order valence-electron chi connectivity index (χ3n) is 6.51. The van der Waals surface area contributed by atoms with Gasteiger partial charge in [0.25, 0.3) is 0 Å². The highest BCUT2D eigenvalue weighted by molar-refractivity contribution is 7.11. The second kappa shape index (κ2) is 10.4. The number of hydrogen-bond donors (Lipinski definition) is 1. The SMILES string of the molecule is COC(=O)C(c1ccc(-c2cccc(-c3[nH]c4ccc(F)cc4c3-c3ccsc3C#N)c2)c(Cl)c1)N(C)C. The number of carbonyl (C=O) groups excluding carboxylic acids is 1. The van der Waals surface area contributed by atoms with Crippen molar-refractivity contribution in [2.24, 2.45) is 0 Å². The summed E-state index contributed by atoms with van der Waals surface area (Å²) in [5.74, 6) is -0.713. The third-order valence-corrected chi connectivity index (χ3v) is 7.64. The first-order valence-electron chi connectivity index (χ1n) is 11.8. The minimum Gasteiger partial charge on any atom is -0.468 e. The lowest BCUT2D eigenvalue weighted by atomic mass is 9.95. The first kappa shape index (κ1) is 25.7. The molecule has 0 aliphatic rings. The highest BCUT2D eigenvalue weighted by atomic mass is 35.5. The molecule has 3 aromatic carbocycles. The van der Waals surface area contributed by atoms with Gasteiger partial charge in [-0.15, -0.1) is 11.3 Å². The van der Waals surface area contributed by atoms with Crippen LogP contribution >= 0.6 is 22.9 Å². The number of nitriles is 1. The van der Waals surface area contributed by atoms with Crippen molar-refractivity contribution in [3.63, 3.8) is 0 Å². The van der Waals surface area contributed by atoms with Crippen molar-refractivity contribution in [3.05, 3.63) is 93.4 Å². The van der Waals surface area contributed by atoms with Crippen LogP contribution in [0, 0.1) is 17.1 Å². The molecular weight excluding hydrogens is 521 g/mol. The number of esters is 1. The van der Waals surface area contributed by atoms with Gasteiger partial charge in [0.1, 0.15) is 22.8 Å². The maximum Gasteiger partial charge on any atom is 0.327 e. The quantitative estimate of drug-likeness (QED) is 0.223. The lowest BCUT2D eigenvalue weighted by Crippen LogP contribution is -2.28. The van der Waals surface area contributed by atoms with Crippen LogP contribution in [0.2, 0.25) is 5.02 Å². The molecule has 0 amide bonds. The van der Waals surface area contributed by atoms with Crippen molar-refractivity contribution in [2.75, 3.05) is 21.2 Å². The normalized spacial score (nSPS) is 12.0. The number of nitrogens with zero attached hydrogens (tertiary/aromatic N) is 2. The summed E-state index contributed by atoms with van der Waals surface area (Å²) in [7, 11) is 4.98. The Kier molecular flexibility index (Phi) is 7.04. The maximum absolute atomic E-state index is 14.3. The monoisotopic (exact) mass is 543 g/mol. The van der Waals surface area contributed by atoms with Crippen molar-refractivity contribution in [2.45, 2.75) is 6.04 Å². The van der Waals surface area contributed by atoms with Crippen LogP contribution in [-0.4, -0.2) is 37.1 Å². The molecule has 2 aromatic heterocycles. The summed E-state index contributed by atoms with van der Waals surface area (Å²) in [6.45, 7) is 0. The van der Waals surface area contributed by atoms with Gasteiger partial charge in [-0.3, -0.25) is 4.90 Å². The number of thiophene rings is 1. The largest absolute Gasteiger partial charge is 0.468 e. The summed E-state index contributed by atoms with van der Waals surface area (Å²) in [5, 5.41) is 12.8. The summed E-state index contributed by atoms with van der Waals surface area (Å²) < 4.78 is 19.2. The Morgan fingerprint density at radius 1 is 1.08 bits per heavy atom. The minimum absolute atomic E-state index is 0.346. The van der Waals surface area contributed by atoms with E-state index in [0.717, 1.165) is 44.6 Å². The summed E-state index contributed by atoms with van der Waals surface area (Å²) in [6, 6.07) is 21.6. The van der Waals surface area contributed by atoms with Gasteiger partial charge in [0.15, 0.2) is 0 Å². The van der Waals surface area contributed by atoms with Gasteiger partial charge in [0, 0.05) is 32.6 Å². The number of fused-ring (bicyclic) bond motifs is 1. The summed E-state index contributed by atoms with van der Waals surface area (Å²) in [6.07, 6.45) is 0. The molecule has 5 nitrogen and oxygen atoms in total. The number of aromatic amines is 1.